The molecule has 1 aromatic carbocycles. The van der Waals surface area contributed by atoms with E-state index in [2.05, 4.69) is 17.4 Å². The molecule has 0 spiro atoms. The van der Waals surface area contributed by atoms with E-state index in [1.807, 2.05) is 0 Å². The van der Waals surface area contributed by atoms with E-state index in [1.54, 1.807) is 18.2 Å². The number of ether oxygens (including phenoxy) is 1. The fourth-order valence-corrected chi connectivity index (χ4v) is 1.30. The smallest absolute Gasteiger partial charge is 0.334 e. The van der Waals surface area contributed by atoms with Gasteiger partial charge in [0.05, 0.1) is 7.11 Å². The van der Waals surface area contributed by atoms with Gasteiger partial charge in [-0.15, -0.1) is 0 Å². The van der Waals surface area contributed by atoms with Gasteiger partial charge in [0.2, 0.25) is 0 Å². The van der Waals surface area contributed by atoms with Gasteiger partial charge in [0, 0.05) is 16.9 Å². The molecule has 0 N–H and O–H groups in total. The van der Waals surface area contributed by atoms with Gasteiger partial charge in [0.1, 0.15) is 5.82 Å². The standard InChI is InChI=1S/C11H11FO2S/c1-14-11(13)9(7-15)6-8-4-2-3-5-10(8)12/h2-6,15H,7H2,1H3/b9-6+. The minimum atomic E-state index is -0.492. The van der Waals surface area contributed by atoms with Gasteiger partial charge in [-0.1, -0.05) is 18.2 Å². The van der Waals surface area contributed by atoms with Crippen molar-refractivity contribution in [3.8, 4) is 0 Å². The number of benzene rings is 1. The Bertz CT molecular complexity index is 388. The highest BCUT2D eigenvalue weighted by atomic mass is 32.1. The second-order valence-electron chi connectivity index (χ2n) is 2.84. The maximum atomic E-state index is 13.2. The Morgan fingerprint density at radius 3 is 2.73 bits per heavy atom. The average Bonchev–Trinajstić information content (AvgIpc) is 2.27. The first kappa shape index (κ1) is 11.8. The third-order valence-corrected chi connectivity index (χ3v) is 2.19. The maximum absolute atomic E-state index is 13.2. The van der Waals surface area contributed by atoms with E-state index in [9.17, 15) is 9.18 Å². The molecule has 0 aliphatic carbocycles. The molecule has 0 unspecified atom stereocenters. The number of carbonyl (C=O) groups excluding carboxylic acids is 1. The summed E-state index contributed by atoms with van der Waals surface area (Å²) in [5.74, 6) is -0.657. The highest BCUT2D eigenvalue weighted by Crippen LogP contribution is 2.13. The highest BCUT2D eigenvalue weighted by molar-refractivity contribution is 7.80. The van der Waals surface area contributed by atoms with E-state index in [0.717, 1.165) is 0 Å². The SMILES string of the molecule is COC(=O)/C(=C/c1ccccc1F)CS. The van der Waals surface area contributed by atoms with Crippen LogP contribution in [0.2, 0.25) is 0 Å². The van der Waals surface area contributed by atoms with Crippen LogP contribution in [0.25, 0.3) is 6.08 Å². The Labute approximate surface area is 93.2 Å². The Kier molecular flexibility index (Phi) is 4.37. The predicted molar refractivity (Wildman–Crippen MR) is 60.2 cm³/mol. The number of hydrogen-bond acceptors (Lipinski definition) is 3. The molecule has 0 aromatic heterocycles. The fourth-order valence-electron chi connectivity index (χ4n) is 1.08. The van der Waals surface area contributed by atoms with Gasteiger partial charge in [-0.3, -0.25) is 0 Å². The predicted octanol–water partition coefficient (Wildman–Crippen LogP) is 2.31. The van der Waals surface area contributed by atoms with Crippen LogP contribution < -0.4 is 0 Å². The second-order valence-corrected chi connectivity index (χ2v) is 3.16. The van der Waals surface area contributed by atoms with Gasteiger partial charge in [0.15, 0.2) is 0 Å². The molecule has 0 atom stereocenters. The normalized spacial score (nSPS) is 11.3. The molecule has 80 valence electrons. The number of thiol groups is 1. The van der Waals surface area contributed by atoms with E-state index < -0.39 is 5.97 Å². The van der Waals surface area contributed by atoms with Gasteiger partial charge in [0.25, 0.3) is 0 Å². The first-order valence-electron chi connectivity index (χ1n) is 4.33. The van der Waals surface area contributed by atoms with E-state index >= 15 is 0 Å². The van der Waals surface area contributed by atoms with Crippen LogP contribution in [0.15, 0.2) is 29.8 Å². The summed E-state index contributed by atoms with van der Waals surface area (Å²) >= 11 is 3.98. The summed E-state index contributed by atoms with van der Waals surface area (Å²) in [6.07, 6.45) is 1.44. The van der Waals surface area contributed by atoms with Crippen LogP contribution in [0.5, 0.6) is 0 Å². The number of hydrogen-bond donors (Lipinski definition) is 1. The van der Waals surface area contributed by atoms with Crippen molar-refractivity contribution >= 4 is 24.7 Å². The monoisotopic (exact) mass is 226 g/mol. The quantitative estimate of drug-likeness (QED) is 0.486. The van der Waals surface area contributed by atoms with E-state index in [4.69, 9.17) is 0 Å². The zero-order valence-electron chi connectivity index (χ0n) is 8.24. The Morgan fingerprint density at radius 2 is 2.20 bits per heavy atom. The highest BCUT2D eigenvalue weighted by Gasteiger charge is 2.08. The molecule has 0 aliphatic heterocycles. The molecular weight excluding hydrogens is 215 g/mol. The Hall–Kier alpha value is -1.29. The Balaban J connectivity index is 3.03. The molecule has 0 saturated heterocycles. The molecule has 0 heterocycles. The zero-order chi connectivity index (χ0) is 11.3. The summed E-state index contributed by atoms with van der Waals surface area (Å²) < 4.78 is 17.8. The maximum Gasteiger partial charge on any atom is 0.334 e. The van der Waals surface area contributed by atoms with Crippen molar-refractivity contribution in [2.24, 2.45) is 0 Å². The minimum absolute atomic E-state index is 0.209. The first-order valence-corrected chi connectivity index (χ1v) is 4.96. The lowest BCUT2D eigenvalue weighted by molar-refractivity contribution is -0.135. The molecule has 1 rings (SSSR count). The van der Waals surface area contributed by atoms with Gasteiger partial charge in [-0.2, -0.15) is 12.6 Å². The van der Waals surface area contributed by atoms with Crippen molar-refractivity contribution in [1.82, 2.24) is 0 Å². The van der Waals surface area contributed by atoms with Crippen LogP contribution in [0, 0.1) is 5.82 Å². The molecule has 15 heavy (non-hydrogen) atoms. The number of rotatable bonds is 3. The number of methoxy groups -OCH3 is 1. The zero-order valence-corrected chi connectivity index (χ0v) is 9.13. The lowest BCUT2D eigenvalue weighted by Gasteiger charge is -2.02. The molecule has 0 radical (unpaired) electrons. The summed E-state index contributed by atoms with van der Waals surface area (Å²) in [5, 5.41) is 0. The molecule has 1 aromatic rings. The van der Waals surface area contributed by atoms with Gasteiger partial charge in [-0.05, 0) is 12.1 Å². The third kappa shape index (κ3) is 3.09. The molecule has 2 nitrogen and oxygen atoms in total. The third-order valence-electron chi connectivity index (χ3n) is 1.85. The van der Waals surface area contributed by atoms with Crippen LogP contribution in [0.1, 0.15) is 5.56 Å². The van der Waals surface area contributed by atoms with E-state index in [0.29, 0.717) is 11.1 Å². The number of halogens is 1. The van der Waals surface area contributed by atoms with Gasteiger partial charge < -0.3 is 4.74 Å². The summed E-state index contributed by atoms with van der Waals surface area (Å²) in [6.45, 7) is 0. The molecule has 0 bridgehead atoms. The number of carbonyl (C=O) groups is 1. The minimum Gasteiger partial charge on any atom is -0.466 e. The van der Waals surface area contributed by atoms with Gasteiger partial charge in [-0.25, -0.2) is 9.18 Å². The molecule has 0 amide bonds. The van der Waals surface area contributed by atoms with Crippen molar-refractivity contribution in [3.63, 3.8) is 0 Å². The molecule has 0 aliphatic rings. The summed E-state index contributed by atoms with van der Waals surface area (Å²) in [5.41, 5.74) is 0.679. The summed E-state index contributed by atoms with van der Waals surface area (Å²) in [6, 6.07) is 6.20. The van der Waals surface area contributed by atoms with Crippen molar-refractivity contribution in [2.45, 2.75) is 0 Å². The molecular formula is C11H11FO2S. The van der Waals surface area contributed by atoms with Crippen molar-refractivity contribution in [1.29, 1.82) is 0 Å². The van der Waals surface area contributed by atoms with E-state index in [-0.39, 0.29) is 11.6 Å². The molecule has 4 heteroatoms. The summed E-state index contributed by atoms with van der Waals surface area (Å²) in [4.78, 5) is 11.2. The lowest BCUT2D eigenvalue weighted by Crippen LogP contribution is -2.06. The molecule has 0 fully saturated rings. The lowest BCUT2D eigenvalue weighted by atomic mass is 10.1. The van der Waals surface area contributed by atoms with Crippen molar-refractivity contribution in [2.75, 3.05) is 12.9 Å². The van der Waals surface area contributed by atoms with Gasteiger partial charge >= 0.3 is 5.97 Å². The number of esters is 1. The summed E-state index contributed by atoms with van der Waals surface area (Å²) in [7, 11) is 1.28. The van der Waals surface area contributed by atoms with Crippen LogP contribution in [-0.2, 0) is 9.53 Å². The first-order chi connectivity index (χ1) is 7.19. The topological polar surface area (TPSA) is 26.3 Å². The van der Waals surface area contributed by atoms with Crippen LogP contribution >= 0.6 is 12.6 Å². The van der Waals surface area contributed by atoms with E-state index in [1.165, 1.54) is 19.3 Å². The Morgan fingerprint density at radius 1 is 1.53 bits per heavy atom. The average molecular weight is 226 g/mol. The largest absolute Gasteiger partial charge is 0.466 e. The second kappa shape index (κ2) is 5.56. The fraction of sp³-hybridized carbons (Fsp3) is 0.182. The van der Waals surface area contributed by atoms with Crippen LogP contribution in [0.3, 0.4) is 0 Å². The van der Waals surface area contributed by atoms with Crippen LogP contribution in [0.4, 0.5) is 4.39 Å². The van der Waals surface area contributed by atoms with Crippen molar-refractivity contribution < 1.29 is 13.9 Å². The molecule has 0 saturated carbocycles. The van der Waals surface area contributed by atoms with Crippen LogP contribution in [-0.4, -0.2) is 18.8 Å². The van der Waals surface area contributed by atoms with Crippen molar-refractivity contribution in [3.05, 3.63) is 41.2 Å².